The number of allylic oxidation sites excluding steroid dienone is 11. The van der Waals surface area contributed by atoms with Crippen LogP contribution in [0.15, 0.2) is 72.9 Å². The first-order valence-corrected chi connectivity index (χ1v) is 31.7. The molecular formula is C66H119NO8. The van der Waals surface area contributed by atoms with E-state index in [4.69, 9.17) is 9.47 Å². The molecule has 9 heteroatoms. The second-order valence-electron chi connectivity index (χ2n) is 21.8. The van der Waals surface area contributed by atoms with Gasteiger partial charge in [-0.3, -0.25) is 4.79 Å². The van der Waals surface area contributed by atoms with E-state index in [2.05, 4.69) is 79.9 Å². The summed E-state index contributed by atoms with van der Waals surface area (Å²) >= 11 is 0. The largest absolute Gasteiger partial charge is 0.394 e. The monoisotopic (exact) mass is 1050 g/mol. The molecule has 0 aromatic rings. The number of ether oxygens (including phenoxy) is 2. The lowest BCUT2D eigenvalue weighted by Crippen LogP contribution is -2.60. The van der Waals surface area contributed by atoms with Crippen molar-refractivity contribution in [3.63, 3.8) is 0 Å². The Morgan fingerprint density at radius 2 is 0.827 bits per heavy atom. The minimum atomic E-state index is -1.57. The normalized spacial score (nSPS) is 19.4. The Bertz CT molecular complexity index is 1410. The van der Waals surface area contributed by atoms with Crippen molar-refractivity contribution in [3.8, 4) is 0 Å². The number of nitrogens with one attached hydrogen (secondary N) is 1. The summed E-state index contributed by atoms with van der Waals surface area (Å²) in [6.45, 7) is 3.68. The van der Waals surface area contributed by atoms with Crippen molar-refractivity contribution in [1.29, 1.82) is 0 Å². The molecule has 1 aliphatic rings. The van der Waals surface area contributed by atoms with E-state index >= 15 is 0 Å². The highest BCUT2D eigenvalue weighted by molar-refractivity contribution is 5.76. The molecule has 0 bridgehead atoms. The molecule has 75 heavy (non-hydrogen) atoms. The van der Waals surface area contributed by atoms with Gasteiger partial charge in [0.25, 0.3) is 0 Å². The molecule has 7 atom stereocenters. The summed E-state index contributed by atoms with van der Waals surface area (Å²) in [5, 5.41) is 54.6. The van der Waals surface area contributed by atoms with Crippen LogP contribution in [-0.2, 0) is 14.3 Å². The van der Waals surface area contributed by atoms with Crippen LogP contribution < -0.4 is 5.32 Å². The maximum absolute atomic E-state index is 13.1. The molecule has 0 radical (unpaired) electrons. The maximum Gasteiger partial charge on any atom is 0.220 e. The van der Waals surface area contributed by atoms with Crippen LogP contribution in [0.3, 0.4) is 0 Å². The molecule has 7 unspecified atom stereocenters. The van der Waals surface area contributed by atoms with E-state index in [1.165, 1.54) is 180 Å². The zero-order valence-electron chi connectivity index (χ0n) is 48.5. The number of aliphatic hydroxyl groups excluding tert-OH is 5. The average molecular weight is 1050 g/mol. The van der Waals surface area contributed by atoms with Gasteiger partial charge in [0.05, 0.1) is 25.4 Å². The maximum atomic E-state index is 13.1. The molecule has 0 aliphatic carbocycles. The number of hydrogen-bond acceptors (Lipinski definition) is 8. The molecule has 0 spiro atoms. The highest BCUT2D eigenvalue weighted by Crippen LogP contribution is 2.23. The first-order chi connectivity index (χ1) is 36.8. The molecule has 1 rings (SSSR count). The Morgan fingerprint density at radius 3 is 1.23 bits per heavy atom. The lowest BCUT2D eigenvalue weighted by molar-refractivity contribution is -0.302. The van der Waals surface area contributed by atoms with Crippen LogP contribution in [0.2, 0.25) is 0 Å². The topological polar surface area (TPSA) is 149 Å². The van der Waals surface area contributed by atoms with Crippen molar-refractivity contribution in [2.75, 3.05) is 13.2 Å². The van der Waals surface area contributed by atoms with Gasteiger partial charge in [0.1, 0.15) is 24.4 Å². The number of carbonyl (C=O) groups is 1. The standard InChI is InChI=1S/C66H119NO8/c1-3-5-7-9-11-13-15-17-19-21-23-25-27-28-29-30-31-32-34-35-37-39-41-43-45-47-49-51-53-55-60(69)59(58-74-66-65(73)64(72)63(71)61(57-68)75-66)67-62(70)56-54-52-50-48-46-44-42-40-38-36-33-26-24-22-20-18-16-14-12-10-8-6-4-2/h6,8,12,14,18,20,24,26,36,38,53,55,59-61,63-66,68-69,71-73H,3-5,7,9-11,13,15-17,19,21-23,25,27-35,37,39-52,54,56-58H2,1-2H3,(H,67,70)/b8-6-,14-12-,20-18-,26-24-,38-36-,55-53+. The molecule has 1 saturated heterocycles. The molecule has 1 fully saturated rings. The summed E-state index contributed by atoms with van der Waals surface area (Å²) in [4.78, 5) is 13.1. The van der Waals surface area contributed by atoms with Crippen LogP contribution in [0.1, 0.15) is 284 Å². The molecule has 1 aliphatic heterocycles. The smallest absolute Gasteiger partial charge is 0.220 e. The van der Waals surface area contributed by atoms with Gasteiger partial charge in [-0.05, 0) is 64.2 Å². The van der Waals surface area contributed by atoms with E-state index < -0.39 is 49.5 Å². The summed E-state index contributed by atoms with van der Waals surface area (Å²) in [7, 11) is 0. The van der Waals surface area contributed by atoms with Crippen molar-refractivity contribution >= 4 is 5.91 Å². The molecule has 436 valence electrons. The van der Waals surface area contributed by atoms with Crippen molar-refractivity contribution in [3.05, 3.63) is 72.9 Å². The quantitative estimate of drug-likeness (QED) is 0.0261. The van der Waals surface area contributed by atoms with E-state index in [-0.39, 0.29) is 12.5 Å². The predicted molar refractivity (Wildman–Crippen MR) is 318 cm³/mol. The zero-order valence-corrected chi connectivity index (χ0v) is 48.5. The van der Waals surface area contributed by atoms with Crippen molar-refractivity contribution in [1.82, 2.24) is 5.32 Å². The molecule has 0 saturated carbocycles. The lowest BCUT2D eigenvalue weighted by atomic mass is 9.99. The lowest BCUT2D eigenvalue weighted by Gasteiger charge is -2.40. The van der Waals surface area contributed by atoms with Gasteiger partial charge < -0.3 is 40.3 Å². The van der Waals surface area contributed by atoms with Gasteiger partial charge in [-0.15, -0.1) is 0 Å². The number of aliphatic hydroxyl groups is 5. The third-order valence-electron chi connectivity index (χ3n) is 14.8. The number of hydrogen-bond donors (Lipinski definition) is 6. The van der Waals surface area contributed by atoms with Crippen LogP contribution in [0.25, 0.3) is 0 Å². The van der Waals surface area contributed by atoms with E-state index in [9.17, 15) is 30.3 Å². The van der Waals surface area contributed by atoms with Crippen LogP contribution in [0.4, 0.5) is 0 Å². The summed E-state index contributed by atoms with van der Waals surface area (Å²) in [5.74, 6) is -0.188. The van der Waals surface area contributed by atoms with Crippen LogP contribution in [0.5, 0.6) is 0 Å². The summed E-state index contributed by atoms with van der Waals surface area (Å²) in [5.41, 5.74) is 0. The minimum Gasteiger partial charge on any atom is -0.394 e. The molecule has 1 amide bonds. The van der Waals surface area contributed by atoms with Gasteiger partial charge in [0.15, 0.2) is 6.29 Å². The van der Waals surface area contributed by atoms with Crippen molar-refractivity contribution < 1.29 is 39.8 Å². The number of rotatable bonds is 54. The van der Waals surface area contributed by atoms with E-state index in [0.29, 0.717) is 6.42 Å². The third-order valence-corrected chi connectivity index (χ3v) is 14.8. The Hall–Kier alpha value is -2.37. The fourth-order valence-corrected chi connectivity index (χ4v) is 9.83. The fraction of sp³-hybridized carbons (Fsp3) is 0.803. The Labute approximate surface area is 461 Å². The molecular weight excluding hydrogens is 935 g/mol. The average Bonchev–Trinajstić information content (AvgIpc) is 3.41. The fourth-order valence-electron chi connectivity index (χ4n) is 9.83. The Morgan fingerprint density at radius 1 is 0.467 bits per heavy atom. The van der Waals surface area contributed by atoms with Gasteiger partial charge in [0.2, 0.25) is 5.91 Å². The number of carbonyl (C=O) groups excluding carboxylic acids is 1. The summed E-state index contributed by atoms with van der Waals surface area (Å²) in [6, 6.07) is -0.817. The van der Waals surface area contributed by atoms with Crippen LogP contribution in [0, 0.1) is 0 Å². The van der Waals surface area contributed by atoms with Crippen LogP contribution >= 0.6 is 0 Å². The Balaban J connectivity index is 2.19. The first kappa shape index (κ1) is 70.6. The number of amides is 1. The van der Waals surface area contributed by atoms with Crippen LogP contribution in [-0.4, -0.2) is 87.5 Å². The second kappa shape index (κ2) is 55.0. The Kier molecular flexibility index (Phi) is 51.8. The first-order valence-electron chi connectivity index (χ1n) is 31.7. The van der Waals surface area contributed by atoms with E-state index in [1.807, 2.05) is 6.08 Å². The minimum absolute atomic E-state index is 0.188. The zero-order chi connectivity index (χ0) is 54.3. The van der Waals surface area contributed by atoms with Gasteiger partial charge >= 0.3 is 0 Å². The second-order valence-corrected chi connectivity index (χ2v) is 21.8. The highest BCUT2D eigenvalue weighted by Gasteiger charge is 2.44. The van der Waals surface area contributed by atoms with Gasteiger partial charge in [0, 0.05) is 6.42 Å². The predicted octanol–water partition coefficient (Wildman–Crippen LogP) is 16.4. The molecule has 6 N–H and O–H groups in total. The van der Waals surface area contributed by atoms with E-state index in [0.717, 1.165) is 83.5 Å². The number of unbranched alkanes of at least 4 members (excludes halogenated alkanes) is 34. The van der Waals surface area contributed by atoms with Crippen molar-refractivity contribution in [2.45, 2.75) is 326 Å². The van der Waals surface area contributed by atoms with Gasteiger partial charge in [-0.2, -0.15) is 0 Å². The highest BCUT2D eigenvalue weighted by atomic mass is 16.7. The SMILES string of the molecule is CC/C=C\C/C=C\C/C=C\C/C=C\C/C=C\CCCCCCCCCC(=O)NC(COC1OC(CO)C(O)C(O)C1O)C(O)/C=C/CCCCCCCCCCCCCCCCCCCCCCCCCCCCC. The summed E-state index contributed by atoms with van der Waals surface area (Å²) < 4.78 is 11.3. The molecule has 1 heterocycles. The van der Waals surface area contributed by atoms with Gasteiger partial charge in [-0.1, -0.05) is 286 Å². The van der Waals surface area contributed by atoms with E-state index in [1.54, 1.807) is 6.08 Å². The van der Waals surface area contributed by atoms with Gasteiger partial charge in [-0.25, -0.2) is 0 Å². The summed E-state index contributed by atoms with van der Waals surface area (Å²) in [6.07, 6.45) is 69.8. The third kappa shape index (κ3) is 44.2. The molecule has 0 aromatic carbocycles. The van der Waals surface area contributed by atoms with Crippen molar-refractivity contribution in [2.24, 2.45) is 0 Å². The molecule has 0 aromatic heterocycles. The molecule has 9 nitrogen and oxygen atoms in total.